The normalized spacial score (nSPS) is 20.3. The lowest BCUT2D eigenvalue weighted by atomic mass is 9.98. The van der Waals surface area contributed by atoms with Gasteiger partial charge in [-0.2, -0.15) is 0 Å². The van der Waals surface area contributed by atoms with Crippen LogP contribution in [0.4, 0.5) is 0 Å². The Balaban J connectivity index is 1.54. The monoisotopic (exact) mass is 272 g/mol. The number of ether oxygens (including phenoxy) is 1. The van der Waals surface area contributed by atoms with Crippen LogP contribution in [0.2, 0.25) is 0 Å². The van der Waals surface area contributed by atoms with Crippen LogP contribution < -0.4 is 5.32 Å². The van der Waals surface area contributed by atoms with Gasteiger partial charge in [-0.05, 0) is 24.8 Å². The molecule has 0 unspecified atom stereocenters. The van der Waals surface area contributed by atoms with E-state index in [4.69, 9.17) is 4.74 Å². The van der Waals surface area contributed by atoms with E-state index < -0.39 is 0 Å². The van der Waals surface area contributed by atoms with E-state index in [0.29, 0.717) is 6.10 Å². The standard InChI is InChI=1S/C17H24N2O/c1-2-5-16(6-3-1)20-13-14-7-9-15(10-8-14)17-18-11-4-12-19-17/h7-10,16H,1-6,11-13H2,(H,18,19). The van der Waals surface area contributed by atoms with Crippen molar-refractivity contribution in [3.05, 3.63) is 35.4 Å². The fourth-order valence-electron chi connectivity index (χ4n) is 2.93. The number of nitrogens with one attached hydrogen (secondary N) is 1. The molecule has 0 bridgehead atoms. The molecule has 1 aliphatic carbocycles. The minimum absolute atomic E-state index is 0.479. The van der Waals surface area contributed by atoms with Gasteiger partial charge in [0.15, 0.2) is 0 Å². The molecule has 3 heteroatoms. The topological polar surface area (TPSA) is 33.6 Å². The van der Waals surface area contributed by atoms with Gasteiger partial charge in [-0.1, -0.05) is 43.5 Å². The smallest absolute Gasteiger partial charge is 0.128 e. The summed E-state index contributed by atoms with van der Waals surface area (Å²) in [5.41, 5.74) is 2.45. The number of aliphatic imine (C=N–C) groups is 1. The van der Waals surface area contributed by atoms with Gasteiger partial charge in [-0.25, -0.2) is 0 Å². The Kier molecular flexibility index (Phi) is 4.69. The second kappa shape index (κ2) is 6.89. The Morgan fingerprint density at radius 3 is 2.55 bits per heavy atom. The van der Waals surface area contributed by atoms with Crippen molar-refractivity contribution in [2.24, 2.45) is 4.99 Å². The molecule has 2 aliphatic rings. The van der Waals surface area contributed by atoms with E-state index in [1.807, 2.05) is 0 Å². The minimum atomic E-state index is 0.479. The molecule has 3 nitrogen and oxygen atoms in total. The van der Waals surface area contributed by atoms with E-state index in [-0.39, 0.29) is 0 Å². The first-order chi connectivity index (χ1) is 9.92. The van der Waals surface area contributed by atoms with Crippen molar-refractivity contribution in [3.63, 3.8) is 0 Å². The van der Waals surface area contributed by atoms with Crippen molar-refractivity contribution < 1.29 is 4.74 Å². The third kappa shape index (κ3) is 3.60. The third-order valence-electron chi connectivity index (χ3n) is 4.16. The highest BCUT2D eigenvalue weighted by molar-refractivity contribution is 5.99. The summed E-state index contributed by atoms with van der Waals surface area (Å²) in [5.74, 6) is 1.04. The van der Waals surface area contributed by atoms with Crippen LogP contribution in [0.5, 0.6) is 0 Å². The second-order valence-corrected chi connectivity index (χ2v) is 5.78. The first-order valence-electron chi connectivity index (χ1n) is 7.91. The zero-order valence-electron chi connectivity index (χ0n) is 12.1. The van der Waals surface area contributed by atoms with Crippen molar-refractivity contribution in [2.75, 3.05) is 13.1 Å². The van der Waals surface area contributed by atoms with E-state index in [1.165, 1.54) is 43.2 Å². The zero-order valence-corrected chi connectivity index (χ0v) is 12.1. The Bertz CT molecular complexity index is 447. The second-order valence-electron chi connectivity index (χ2n) is 5.78. The highest BCUT2D eigenvalue weighted by Gasteiger charge is 2.13. The maximum Gasteiger partial charge on any atom is 0.128 e. The van der Waals surface area contributed by atoms with Gasteiger partial charge in [0.25, 0.3) is 0 Å². The molecule has 0 spiro atoms. The Morgan fingerprint density at radius 2 is 1.85 bits per heavy atom. The molecular weight excluding hydrogens is 248 g/mol. The van der Waals surface area contributed by atoms with Gasteiger partial charge in [0.1, 0.15) is 5.84 Å². The predicted molar refractivity (Wildman–Crippen MR) is 82.1 cm³/mol. The van der Waals surface area contributed by atoms with Crippen LogP contribution in [0.25, 0.3) is 0 Å². The molecule has 0 saturated heterocycles. The number of nitrogens with zero attached hydrogens (tertiary/aromatic N) is 1. The van der Waals surface area contributed by atoms with Crippen molar-refractivity contribution in [1.29, 1.82) is 0 Å². The van der Waals surface area contributed by atoms with Crippen molar-refractivity contribution in [1.82, 2.24) is 5.32 Å². The Morgan fingerprint density at radius 1 is 1.05 bits per heavy atom. The first kappa shape index (κ1) is 13.6. The van der Waals surface area contributed by atoms with Crippen LogP contribution in [-0.2, 0) is 11.3 Å². The molecule has 3 rings (SSSR count). The van der Waals surface area contributed by atoms with E-state index in [9.17, 15) is 0 Å². The van der Waals surface area contributed by atoms with Crippen LogP contribution in [0.15, 0.2) is 29.3 Å². The van der Waals surface area contributed by atoms with Gasteiger partial charge in [0.2, 0.25) is 0 Å². The number of hydrogen-bond acceptors (Lipinski definition) is 3. The highest BCUT2D eigenvalue weighted by Crippen LogP contribution is 2.21. The van der Waals surface area contributed by atoms with Gasteiger partial charge >= 0.3 is 0 Å². The number of benzene rings is 1. The summed E-state index contributed by atoms with van der Waals surface area (Å²) in [4.78, 5) is 4.52. The minimum Gasteiger partial charge on any atom is -0.374 e. The molecule has 1 N–H and O–H groups in total. The molecule has 1 heterocycles. The lowest BCUT2D eigenvalue weighted by Crippen LogP contribution is -2.30. The summed E-state index contributed by atoms with van der Waals surface area (Å²) in [6.07, 6.45) is 8.12. The van der Waals surface area contributed by atoms with Crippen LogP contribution in [-0.4, -0.2) is 25.0 Å². The quantitative estimate of drug-likeness (QED) is 0.912. The van der Waals surface area contributed by atoms with E-state index >= 15 is 0 Å². The highest BCUT2D eigenvalue weighted by atomic mass is 16.5. The summed E-state index contributed by atoms with van der Waals surface area (Å²) in [5, 5.41) is 3.36. The van der Waals surface area contributed by atoms with Gasteiger partial charge < -0.3 is 10.1 Å². The fraction of sp³-hybridized carbons (Fsp3) is 0.588. The molecule has 0 atom stereocenters. The molecule has 1 aliphatic heterocycles. The fourth-order valence-corrected chi connectivity index (χ4v) is 2.93. The lowest BCUT2D eigenvalue weighted by molar-refractivity contribution is 0.0169. The maximum atomic E-state index is 6.01. The van der Waals surface area contributed by atoms with Gasteiger partial charge in [0, 0.05) is 18.7 Å². The largest absolute Gasteiger partial charge is 0.374 e. The molecule has 1 fully saturated rings. The van der Waals surface area contributed by atoms with Gasteiger partial charge in [-0.3, -0.25) is 4.99 Å². The molecule has 1 saturated carbocycles. The van der Waals surface area contributed by atoms with Gasteiger partial charge in [-0.15, -0.1) is 0 Å². The third-order valence-corrected chi connectivity index (χ3v) is 4.16. The van der Waals surface area contributed by atoms with Crippen molar-refractivity contribution >= 4 is 5.84 Å². The van der Waals surface area contributed by atoms with Crippen LogP contribution in [0.3, 0.4) is 0 Å². The summed E-state index contributed by atoms with van der Waals surface area (Å²) in [6.45, 7) is 2.71. The molecule has 1 aromatic carbocycles. The molecule has 20 heavy (non-hydrogen) atoms. The SMILES string of the molecule is c1cc(C2=NCCCN2)ccc1COC1CCCCC1. The first-order valence-corrected chi connectivity index (χ1v) is 7.91. The average Bonchev–Trinajstić information content (AvgIpc) is 2.55. The molecule has 0 aromatic heterocycles. The van der Waals surface area contributed by atoms with Crippen molar-refractivity contribution in [3.8, 4) is 0 Å². The molecular formula is C17H24N2O. The van der Waals surface area contributed by atoms with E-state index in [0.717, 1.165) is 32.0 Å². The van der Waals surface area contributed by atoms with Crippen molar-refractivity contribution in [2.45, 2.75) is 51.2 Å². The molecule has 108 valence electrons. The van der Waals surface area contributed by atoms with Crippen LogP contribution >= 0.6 is 0 Å². The summed E-state index contributed by atoms with van der Waals surface area (Å²) < 4.78 is 6.01. The zero-order chi connectivity index (χ0) is 13.6. The lowest BCUT2D eigenvalue weighted by Gasteiger charge is -2.22. The van der Waals surface area contributed by atoms with Crippen LogP contribution in [0.1, 0.15) is 49.7 Å². The van der Waals surface area contributed by atoms with E-state index in [1.54, 1.807) is 0 Å². The number of hydrogen-bond donors (Lipinski definition) is 1. The van der Waals surface area contributed by atoms with Crippen LogP contribution in [0, 0.1) is 0 Å². The van der Waals surface area contributed by atoms with Gasteiger partial charge in [0.05, 0.1) is 12.7 Å². The number of amidine groups is 1. The number of rotatable bonds is 4. The molecule has 0 radical (unpaired) electrons. The predicted octanol–water partition coefficient (Wildman–Crippen LogP) is 3.28. The summed E-state index contributed by atoms with van der Waals surface area (Å²) in [7, 11) is 0. The summed E-state index contributed by atoms with van der Waals surface area (Å²) >= 11 is 0. The molecule has 0 amide bonds. The maximum absolute atomic E-state index is 6.01. The Labute approximate surface area is 121 Å². The molecule has 1 aromatic rings. The Hall–Kier alpha value is -1.35. The summed E-state index contributed by atoms with van der Waals surface area (Å²) in [6, 6.07) is 8.63. The average molecular weight is 272 g/mol. The van der Waals surface area contributed by atoms with E-state index in [2.05, 4.69) is 34.6 Å².